The molecule has 1 unspecified atom stereocenters. The summed E-state index contributed by atoms with van der Waals surface area (Å²) in [6.07, 6.45) is 0.728. The van der Waals surface area contributed by atoms with Crippen molar-refractivity contribution in [3.63, 3.8) is 0 Å². The Bertz CT molecular complexity index is 925. The van der Waals surface area contributed by atoms with E-state index in [4.69, 9.17) is 0 Å². The molecule has 0 amide bonds. The van der Waals surface area contributed by atoms with Crippen LogP contribution in [0.4, 0.5) is 11.4 Å². The number of carbonyl (C=O) groups is 1. The number of carboxylic acid groups (broad SMARTS) is 1. The molecule has 0 aromatic heterocycles. The number of hydrogen-bond acceptors (Lipinski definition) is 5. The van der Waals surface area contributed by atoms with E-state index in [1.165, 1.54) is 31.2 Å². The van der Waals surface area contributed by atoms with Crippen molar-refractivity contribution >= 4 is 27.4 Å². The Labute approximate surface area is 150 Å². The second-order valence-electron chi connectivity index (χ2n) is 5.56. The molecule has 8 nitrogen and oxygen atoms in total. The molecule has 2 rings (SSSR count). The average molecular weight is 378 g/mol. The second kappa shape index (κ2) is 7.52. The molecule has 1 N–H and O–H groups in total. The average Bonchev–Trinajstić information content (AvgIpc) is 2.62. The van der Waals surface area contributed by atoms with Gasteiger partial charge in [-0.05, 0) is 37.1 Å². The van der Waals surface area contributed by atoms with Crippen LogP contribution in [-0.2, 0) is 21.2 Å². The minimum Gasteiger partial charge on any atom is -0.480 e. The molecular weight excluding hydrogens is 360 g/mol. The highest BCUT2D eigenvalue weighted by Crippen LogP contribution is 2.31. The van der Waals surface area contributed by atoms with Crippen molar-refractivity contribution in [3.8, 4) is 0 Å². The third-order valence-corrected chi connectivity index (χ3v) is 5.85. The molecule has 2 aromatic rings. The summed E-state index contributed by atoms with van der Waals surface area (Å²) in [7, 11) is -4.48. The summed E-state index contributed by atoms with van der Waals surface area (Å²) in [6.45, 7) is 3.14. The highest BCUT2D eigenvalue weighted by Gasteiger charge is 2.37. The summed E-state index contributed by atoms with van der Waals surface area (Å²) in [5.74, 6) is -1.37. The maximum Gasteiger partial charge on any atom is 0.327 e. The Hall–Kier alpha value is -2.94. The zero-order chi connectivity index (χ0) is 19.5. The van der Waals surface area contributed by atoms with E-state index < -0.39 is 37.5 Å². The number of nitro benzene ring substituents is 1. The van der Waals surface area contributed by atoms with Crippen molar-refractivity contribution in [1.29, 1.82) is 0 Å². The molecule has 0 fully saturated rings. The number of carboxylic acids is 1. The normalized spacial score (nSPS) is 12.4. The van der Waals surface area contributed by atoms with Crippen molar-refractivity contribution < 1.29 is 23.2 Å². The standard InChI is InChI=1S/C17H18N2O6S/c1-3-13-8-10-14(11-9-13)18(12(2)17(20)21)26(24,25)16-7-5-4-6-15(16)19(22)23/h4-12H,3H2,1-2H3,(H,20,21). The molecule has 0 saturated heterocycles. The molecule has 0 bridgehead atoms. The van der Waals surface area contributed by atoms with Gasteiger partial charge in [-0.2, -0.15) is 0 Å². The molecule has 0 radical (unpaired) electrons. The second-order valence-corrected chi connectivity index (χ2v) is 7.34. The maximum absolute atomic E-state index is 13.1. The molecule has 0 heterocycles. The van der Waals surface area contributed by atoms with Gasteiger partial charge in [0.1, 0.15) is 6.04 Å². The Kier molecular flexibility index (Phi) is 5.61. The molecule has 1 atom stereocenters. The van der Waals surface area contributed by atoms with E-state index in [9.17, 15) is 28.4 Å². The summed E-state index contributed by atoms with van der Waals surface area (Å²) >= 11 is 0. The van der Waals surface area contributed by atoms with E-state index in [0.717, 1.165) is 24.1 Å². The van der Waals surface area contributed by atoms with Crippen LogP contribution in [0.1, 0.15) is 19.4 Å². The van der Waals surface area contributed by atoms with Crippen LogP contribution in [0.5, 0.6) is 0 Å². The lowest BCUT2D eigenvalue weighted by Crippen LogP contribution is -2.43. The van der Waals surface area contributed by atoms with Gasteiger partial charge >= 0.3 is 5.97 Å². The van der Waals surface area contributed by atoms with Crippen LogP contribution in [0, 0.1) is 10.1 Å². The molecule has 26 heavy (non-hydrogen) atoms. The summed E-state index contributed by atoms with van der Waals surface area (Å²) in [5.41, 5.74) is 0.454. The van der Waals surface area contributed by atoms with Gasteiger partial charge in [0.15, 0.2) is 4.90 Å². The fraction of sp³-hybridized carbons (Fsp3) is 0.235. The number of para-hydroxylation sites is 1. The Morgan fingerprint density at radius 3 is 2.27 bits per heavy atom. The highest BCUT2D eigenvalue weighted by atomic mass is 32.2. The third kappa shape index (κ3) is 3.67. The lowest BCUT2D eigenvalue weighted by atomic mass is 10.1. The predicted molar refractivity (Wildman–Crippen MR) is 95.7 cm³/mol. The van der Waals surface area contributed by atoms with E-state index in [0.29, 0.717) is 4.31 Å². The van der Waals surface area contributed by atoms with Gasteiger partial charge in [-0.1, -0.05) is 31.2 Å². The van der Waals surface area contributed by atoms with Gasteiger partial charge in [-0.3, -0.25) is 14.4 Å². The summed E-state index contributed by atoms with van der Waals surface area (Å²) in [5, 5.41) is 20.6. The number of aliphatic carboxylic acids is 1. The van der Waals surface area contributed by atoms with Crippen LogP contribution in [0.3, 0.4) is 0 Å². The number of nitro groups is 1. The van der Waals surface area contributed by atoms with Crippen LogP contribution in [-0.4, -0.2) is 30.5 Å². The van der Waals surface area contributed by atoms with Gasteiger partial charge in [0.25, 0.3) is 15.7 Å². The van der Waals surface area contributed by atoms with Gasteiger partial charge in [0.05, 0.1) is 10.6 Å². The first-order valence-corrected chi connectivity index (χ1v) is 9.23. The zero-order valence-electron chi connectivity index (χ0n) is 14.2. The lowest BCUT2D eigenvalue weighted by molar-refractivity contribution is -0.387. The first-order valence-electron chi connectivity index (χ1n) is 7.79. The Morgan fingerprint density at radius 1 is 1.19 bits per heavy atom. The van der Waals surface area contributed by atoms with Crippen molar-refractivity contribution in [1.82, 2.24) is 0 Å². The number of sulfonamides is 1. The molecule has 0 aliphatic heterocycles. The van der Waals surface area contributed by atoms with Gasteiger partial charge in [-0.25, -0.2) is 13.2 Å². The van der Waals surface area contributed by atoms with Crippen LogP contribution < -0.4 is 4.31 Å². The Morgan fingerprint density at radius 2 is 1.77 bits per heavy atom. The molecule has 2 aromatic carbocycles. The molecule has 0 aliphatic rings. The van der Waals surface area contributed by atoms with Crippen molar-refractivity contribution in [2.24, 2.45) is 0 Å². The molecule has 138 valence electrons. The lowest BCUT2D eigenvalue weighted by Gasteiger charge is -2.28. The topological polar surface area (TPSA) is 118 Å². The van der Waals surface area contributed by atoms with Gasteiger partial charge in [0, 0.05) is 6.07 Å². The largest absolute Gasteiger partial charge is 0.480 e. The summed E-state index contributed by atoms with van der Waals surface area (Å²) in [4.78, 5) is 21.3. The first-order chi connectivity index (χ1) is 12.2. The SMILES string of the molecule is CCc1ccc(N(C(C)C(=O)O)S(=O)(=O)c2ccccc2[N+](=O)[O-])cc1. The number of hydrogen-bond donors (Lipinski definition) is 1. The number of anilines is 1. The summed E-state index contributed by atoms with van der Waals surface area (Å²) in [6, 6.07) is 9.76. The third-order valence-electron chi connectivity index (χ3n) is 3.91. The fourth-order valence-corrected chi connectivity index (χ4v) is 4.26. The number of nitrogens with zero attached hydrogens (tertiary/aromatic N) is 2. The van der Waals surface area contributed by atoms with E-state index in [1.807, 2.05) is 6.92 Å². The monoisotopic (exact) mass is 378 g/mol. The van der Waals surface area contributed by atoms with Gasteiger partial charge < -0.3 is 5.11 Å². The van der Waals surface area contributed by atoms with Crippen molar-refractivity contribution in [2.75, 3.05) is 4.31 Å². The molecule has 0 saturated carbocycles. The highest BCUT2D eigenvalue weighted by molar-refractivity contribution is 7.93. The van der Waals surface area contributed by atoms with E-state index in [2.05, 4.69) is 0 Å². The van der Waals surface area contributed by atoms with Crippen LogP contribution in [0.2, 0.25) is 0 Å². The van der Waals surface area contributed by atoms with Crippen LogP contribution in [0.15, 0.2) is 53.4 Å². The van der Waals surface area contributed by atoms with Crippen LogP contribution >= 0.6 is 0 Å². The predicted octanol–water partition coefficient (Wildman–Crippen LogP) is 2.83. The molecule has 0 aliphatic carbocycles. The number of aryl methyl sites for hydroxylation is 1. The maximum atomic E-state index is 13.1. The number of rotatable bonds is 7. The van der Waals surface area contributed by atoms with Crippen LogP contribution in [0.25, 0.3) is 0 Å². The minimum absolute atomic E-state index is 0.121. The van der Waals surface area contributed by atoms with Gasteiger partial charge in [0.2, 0.25) is 0 Å². The number of benzene rings is 2. The Balaban J connectivity index is 2.68. The smallest absolute Gasteiger partial charge is 0.327 e. The van der Waals surface area contributed by atoms with Crippen molar-refractivity contribution in [3.05, 3.63) is 64.2 Å². The minimum atomic E-state index is -4.48. The van der Waals surface area contributed by atoms with E-state index in [1.54, 1.807) is 12.1 Å². The quantitative estimate of drug-likeness (QED) is 0.585. The zero-order valence-corrected chi connectivity index (χ0v) is 15.0. The molecule has 0 spiro atoms. The van der Waals surface area contributed by atoms with Crippen molar-refractivity contribution in [2.45, 2.75) is 31.2 Å². The fourth-order valence-electron chi connectivity index (χ4n) is 2.48. The first kappa shape index (κ1) is 19.4. The summed E-state index contributed by atoms with van der Waals surface area (Å²) < 4.78 is 26.9. The molecule has 9 heteroatoms. The molecular formula is C17H18N2O6S. The van der Waals surface area contributed by atoms with Gasteiger partial charge in [-0.15, -0.1) is 0 Å². The van der Waals surface area contributed by atoms with E-state index in [-0.39, 0.29) is 5.69 Å². The van der Waals surface area contributed by atoms with E-state index >= 15 is 0 Å².